The highest BCUT2D eigenvalue weighted by Crippen LogP contribution is 2.43. The average Bonchev–Trinajstić information content (AvgIpc) is 1.79. The molecule has 1 rings (SSSR count). The molecule has 0 aromatic rings. The molecule has 50 valence electrons. The molecule has 0 aromatic heterocycles. The van der Waals surface area contributed by atoms with Gasteiger partial charge in [-0.3, -0.25) is 0 Å². The minimum Gasteiger partial charge on any atom is -0.316 e. The Morgan fingerprint density at radius 1 is 1.56 bits per heavy atom. The lowest BCUT2D eigenvalue weighted by molar-refractivity contribution is 0.150. The second-order valence-electron chi connectivity index (χ2n) is 3.02. The third-order valence-electron chi connectivity index (χ3n) is 2.58. The van der Waals surface area contributed by atoms with Crippen molar-refractivity contribution in [3.05, 3.63) is 11.4 Å². The van der Waals surface area contributed by atoms with Crippen LogP contribution in [0.15, 0.2) is 0 Å². The molecule has 0 N–H and O–H groups in total. The smallest absolute Gasteiger partial charge is 0.220 e. The van der Waals surface area contributed by atoms with Crippen LogP contribution in [0, 0.1) is 12.0 Å². The van der Waals surface area contributed by atoms with E-state index in [0.29, 0.717) is 5.41 Å². The lowest BCUT2D eigenvalue weighted by Crippen LogP contribution is -2.30. The monoisotopic (exact) mass is 123 g/mol. The van der Waals surface area contributed by atoms with Crippen molar-refractivity contribution in [1.82, 2.24) is 0 Å². The molecule has 1 saturated carbocycles. The van der Waals surface area contributed by atoms with Gasteiger partial charge in [-0.25, -0.2) is 6.57 Å². The number of hydrogen-bond acceptors (Lipinski definition) is 0. The summed E-state index contributed by atoms with van der Waals surface area (Å²) in [6, 6.07) is 0. The van der Waals surface area contributed by atoms with Gasteiger partial charge in [0, 0.05) is 5.41 Å². The first-order chi connectivity index (χ1) is 4.33. The summed E-state index contributed by atoms with van der Waals surface area (Å²) in [5, 5.41) is 0. The van der Waals surface area contributed by atoms with Gasteiger partial charge in [0.25, 0.3) is 0 Å². The fraction of sp³-hybridized carbons (Fsp3) is 0.875. The molecule has 0 saturated heterocycles. The zero-order valence-electron chi connectivity index (χ0n) is 5.98. The molecule has 0 heterocycles. The molecule has 1 fully saturated rings. The predicted octanol–water partition coefficient (Wildman–Crippen LogP) is 2.49. The van der Waals surface area contributed by atoms with Crippen molar-refractivity contribution in [1.29, 1.82) is 0 Å². The average molecular weight is 123 g/mol. The maximum atomic E-state index is 6.72. The highest BCUT2D eigenvalue weighted by atomic mass is 14.7. The van der Waals surface area contributed by atoms with Gasteiger partial charge in [0.1, 0.15) is 0 Å². The van der Waals surface area contributed by atoms with Crippen LogP contribution in [0.5, 0.6) is 0 Å². The number of rotatable bonds is 2. The minimum atomic E-state index is 0.460. The summed E-state index contributed by atoms with van der Waals surface area (Å²) in [5.74, 6) is 0. The van der Waals surface area contributed by atoms with Crippen molar-refractivity contribution in [2.75, 3.05) is 6.54 Å². The van der Waals surface area contributed by atoms with Crippen LogP contribution in [0.2, 0.25) is 0 Å². The van der Waals surface area contributed by atoms with Crippen molar-refractivity contribution >= 4 is 0 Å². The molecule has 0 radical (unpaired) electrons. The third-order valence-corrected chi connectivity index (χ3v) is 2.58. The van der Waals surface area contributed by atoms with E-state index in [-0.39, 0.29) is 0 Å². The van der Waals surface area contributed by atoms with Gasteiger partial charge < -0.3 is 4.85 Å². The zero-order chi connectivity index (χ0) is 6.74. The Kier molecular flexibility index (Phi) is 1.75. The molecule has 1 nitrogen and oxygen atoms in total. The molecule has 0 aliphatic heterocycles. The van der Waals surface area contributed by atoms with Gasteiger partial charge in [0.15, 0.2) is 0 Å². The lowest BCUT2D eigenvalue weighted by atomic mass is 9.67. The molecule has 0 bridgehead atoms. The maximum Gasteiger partial charge on any atom is 0.220 e. The Hall–Kier alpha value is -0.510. The van der Waals surface area contributed by atoms with Crippen LogP contribution < -0.4 is 0 Å². The topological polar surface area (TPSA) is 4.36 Å². The lowest BCUT2D eigenvalue weighted by Gasteiger charge is -2.36. The van der Waals surface area contributed by atoms with Crippen LogP contribution in [0.25, 0.3) is 4.85 Å². The van der Waals surface area contributed by atoms with Crippen LogP contribution >= 0.6 is 0 Å². The Morgan fingerprint density at radius 2 is 2.22 bits per heavy atom. The third kappa shape index (κ3) is 1.08. The first-order valence-electron chi connectivity index (χ1n) is 3.66. The van der Waals surface area contributed by atoms with Gasteiger partial charge in [-0.05, 0) is 19.3 Å². The molecule has 0 amide bonds. The molecule has 9 heavy (non-hydrogen) atoms. The summed E-state index contributed by atoms with van der Waals surface area (Å²) < 4.78 is 0. The largest absolute Gasteiger partial charge is 0.316 e. The summed E-state index contributed by atoms with van der Waals surface area (Å²) >= 11 is 0. The van der Waals surface area contributed by atoms with E-state index in [2.05, 4.69) is 11.8 Å². The van der Waals surface area contributed by atoms with Gasteiger partial charge in [-0.15, -0.1) is 0 Å². The number of nitrogens with zero attached hydrogens (tertiary/aromatic N) is 1. The van der Waals surface area contributed by atoms with E-state index >= 15 is 0 Å². The standard InChI is InChI=1S/C8H13N/c1-3-8(7-9-2)5-4-6-8/h3-7H2,1H3. The van der Waals surface area contributed by atoms with E-state index in [1.807, 2.05) is 0 Å². The van der Waals surface area contributed by atoms with E-state index < -0.39 is 0 Å². The van der Waals surface area contributed by atoms with Gasteiger partial charge in [0.05, 0.1) is 0 Å². The van der Waals surface area contributed by atoms with Gasteiger partial charge >= 0.3 is 0 Å². The molecular formula is C8H13N. The Bertz CT molecular complexity index is 122. The van der Waals surface area contributed by atoms with Crippen LogP contribution in [0.4, 0.5) is 0 Å². The van der Waals surface area contributed by atoms with E-state index in [0.717, 1.165) is 6.54 Å². The Balaban J connectivity index is 2.39. The van der Waals surface area contributed by atoms with Crippen LogP contribution in [-0.2, 0) is 0 Å². The van der Waals surface area contributed by atoms with Gasteiger partial charge in [-0.2, -0.15) is 0 Å². The minimum absolute atomic E-state index is 0.460. The van der Waals surface area contributed by atoms with Crippen molar-refractivity contribution in [2.45, 2.75) is 32.6 Å². The fourth-order valence-electron chi connectivity index (χ4n) is 1.47. The van der Waals surface area contributed by atoms with E-state index in [9.17, 15) is 0 Å². The van der Waals surface area contributed by atoms with Crippen molar-refractivity contribution in [2.24, 2.45) is 5.41 Å². The molecule has 0 aromatic carbocycles. The van der Waals surface area contributed by atoms with E-state index in [4.69, 9.17) is 6.57 Å². The fourth-order valence-corrected chi connectivity index (χ4v) is 1.47. The second kappa shape index (κ2) is 2.39. The Labute approximate surface area is 56.9 Å². The Morgan fingerprint density at radius 3 is 2.33 bits per heavy atom. The van der Waals surface area contributed by atoms with Crippen molar-refractivity contribution in [3.63, 3.8) is 0 Å². The first-order valence-corrected chi connectivity index (χ1v) is 3.66. The number of hydrogen-bond donors (Lipinski definition) is 0. The summed E-state index contributed by atoms with van der Waals surface area (Å²) in [7, 11) is 0. The predicted molar refractivity (Wildman–Crippen MR) is 38.0 cm³/mol. The molecule has 0 unspecified atom stereocenters. The van der Waals surface area contributed by atoms with E-state index in [1.54, 1.807) is 0 Å². The zero-order valence-corrected chi connectivity index (χ0v) is 5.98. The van der Waals surface area contributed by atoms with Crippen LogP contribution in [0.1, 0.15) is 32.6 Å². The van der Waals surface area contributed by atoms with Crippen LogP contribution in [0.3, 0.4) is 0 Å². The van der Waals surface area contributed by atoms with Gasteiger partial charge in [-0.1, -0.05) is 13.3 Å². The molecule has 0 atom stereocenters. The summed E-state index contributed by atoms with van der Waals surface area (Å²) in [6.07, 6.45) is 5.15. The maximum absolute atomic E-state index is 6.72. The molecule has 1 aliphatic rings. The second-order valence-corrected chi connectivity index (χ2v) is 3.02. The van der Waals surface area contributed by atoms with E-state index in [1.165, 1.54) is 25.7 Å². The highest BCUT2D eigenvalue weighted by molar-refractivity contribution is 4.91. The van der Waals surface area contributed by atoms with Crippen molar-refractivity contribution in [3.8, 4) is 0 Å². The molecule has 1 heteroatoms. The van der Waals surface area contributed by atoms with Crippen LogP contribution in [-0.4, -0.2) is 6.54 Å². The molecule has 0 spiro atoms. The van der Waals surface area contributed by atoms with Gasteiger partial charge in [0.2, 0.25) is 6.54 Å². The normalized spacial score (nSPS) is 22.2. The summed E-state index contributed by atoms with van der Waals surface area (Å²) in [4.78, 5) is 3.45. The molecule has 1 aliphatic carbocycles. The first kappa shape index (κ1) is 6.61. The summed E-state index contributed by atoms with van der Waals surface area (Å²) in [6.45, 7) is 9.69. The van der Waals surface area contributed by atoms with Crippen molar-refractivity contribution < 1.29 is 0 Å². The molecular weight excluding hydrogens is 110 g/mol. The summed E-state index contributed by atoms with van der Waals surface area (Å²) in [5.41, 5.74) is 0.460. The highest BCUT2D eigenvalue weighted by Gasteiger charge is 2.37. The SMILES string of the molecule is [C-]#[N+]CC1(CC)CCC1. The quantitative estimate of drug-likeness (QED) is 0.497.